The Hall–Kier alpha value is -0.340. The first kappa shape index (κ1) is 7.32. The van der Waals surface area contributed by atoms with Crippen LogP contribution >= 0.6 is 0 Å². The van der Waals surface area contributed by atoms with E-state index in [-0.39, 0.29) is 0 Å². The van der Waals surface area contributed by atoms with Gasteiger partial charge in [-0.05, 0) is 19.4 Å². The van der Waals surface area contributed by atoms with Crippen molar-refractivity contribution >= 4 is 0 Å². The smallest absolute Gasteiger partial charge is 0.0195 e. The third-order valence-electron chi connectivity index (χ3n) is 2.53. The van der Waals surface area contributed by atoms with Gasteiger partial charge in [0.05, 0.1) is 0 Å². The molecule has 2 rings (SSSR count). The van der Waals surface area contributed by atoms with Crippen LogP contribution in [-0.4, -0.2) is 37.1 Å². The molecular weight excluding hydrogens is 136 g/mol. The summed E-state index contributed by atoms with van der Waals surface area (Å²) < 4.78 is 0. The van der Waals surface area contributed by atoms with E-state index < -0.39 is 0 Å². The van der Waals surface area contributed by atoms with Crippen LogP contribution in [0.4, 0.5) is 0 Å². The quantitative estimate of drug-likeness (QED) is 0.583. The lowest BCUT2D eigenvalue weighted by molar-refractivity contribution is 0.314. The standard InChI is InChI=1S/C9H16N2/c1-2-7-11(6-1)8-9-4-3-5-10-9/h1-2,9-10H,3-8H2. The molecule has 0 aromatic carbocycles. The lowest BCUT2D eigenvalue weighted by Gasteiger charge is -2.19. The minimum Gasteiger partial charge on any atom is -0.313 e. The number of hydrogen-bond acceptors (Lipinski definition) is 2. The van der Waals surface area contributed by atoms with Crippen LogP contribution < -0.4 is 5.32 Å². The van der Waals surface area contributed by atoms with Crippen LogP contribution in [0.2, 0.25) is 0 Å². The van der Waals surface area contributed by atoms with Crippen molar-refractivity contribution in [1.82, 2.24) is 10.2 Å². The van der Waals surface area contributed by atoms with Crippen molar-refractivity contribution < 1.29 is 0 Å². The highest BCUT2D eigenvalue weighted by molar-refractivity contribution is 4.96. The van der Waals surface area contributed by atoms with E-state index in [4.69, 9.17) is 0 Å². The average Bonchev–Trinajstić information content (AvgIpc) is 2.60. The maximum absolute atomic E-state index is 3.51. The van der Waals surface area contributed by atoms with Crippen molar-refractivity contribution in [3.63, 3.8) is 0 Å². The molecular formula is C9H16N2. The summed E-state index contributed by atoms with van der Waals surface area (Å²) in [5.74, 6) is 0. The van der Waals surface area contributed by atoms with Gasteiger partial charge in [0.2, 0.25) is 0 Å². The fraction of sp³-hybridized carbons (Fsp3) is 0.778. The summed E-state index contributed by atoms with van der Waals surface area (Å²) in [5.41, 5.74) is 0. The van der Waals surface area contributed by atoms with Crippen LogP contribution in [0.1, 0.15) is 12.8 Å². The molecule has 11 heavy (non-hydrogen) atoms. The van der Waals surface area contributed by atoms with Gasteiger partial charge >= 0.3 is 0 Å². The Morgan fingerprint density at radius 2 is 2.18 bits per heavy atom. The van der Waals surface area contributed by atoms with Crippen LogP contribution in [0.3, 0.4) is 0 Å². The average molecular weight is 152 g/mol. The monoisotopic (exact) mass is 152 g/mol. The molecule has 62 valence electrons. The second-order valence-corrected chi connectivity index (χ2v) is 3.48. The SMILES string of the molecule is C1=CCN(CC2CCCN2)C1. The van der Waals surface area contributed by atoms with Gasteiger partial charge in [-0.25, -0.2) is 0 Å². The molecule has 1 N–H and O–H groups in total. The predicted molar refractivity (Wildman–Crippen MR) is 46.6 cm³/mol. The molecule has 0 saturated carbocycles. The van der Waals surface area contributed by atoms with Gasteiger partial charge in [0.25, 0.3) is 0 Å². The van der Waals surface area contributed by atoms with Gasteiger partial charge in [0.15, 0.2) is 0 Å². The molecule has 0 aromatic rings. The second kappa shape index (κ2) is 3.37. The van der Waals surface area contributed by atoms with E-state index in [2.05, 4.69) is 22.4 Å². The molecule has 0 amide bonds. The lowest BCUT2D eigenvalue weighted by atomic mass is 10.2. The maximum atomic E-state index is 3.51. The molecule has 0 aromatic heterocycles. The van der Waals surface area contributed by atoms with Gasteiger partial charge in [-0.15, -0.1) is 0 Å². The van der Waals surface area contributed by atoms with Crippen LogP contribution in [0.5, 0.6) is 0 Å². The third kappa shape index (κ3) is 1.82. The number of nitrogens with zero attached hydrogens (tertiary/aromatic N) is 1. The summed E-state index contributed by atoms with van der Waals surface area (Å²) in [5, 5.41) is 3.51. The maximum Gasteiger partial charge on any atom is 0.0195 e. The number of rotatable bonds is 2. The van der Waals surface area contributed by atoms with E-state index in [0.717, 1.165) is 19.1 Å². The van der Waals surface area contributed by atoms with E-state index in [1.165, 1.54) is 25.9 Å². The molecule has 0 spiro atoms. The molecule has 0 bridgehead atoms. The normalized spacial score (nSPS) is 31.8. The Kier molecular flexibility index (Phi) is 2.24. The summed E-state index contributed by atoms with van der Waals surface area (Å²) in [6.45, 7) is 4.80. The first-order valence-corrected chi connectivity index (χ1v) is 4.56. The Balaban J connectivity index is 1.72. The first-order chi connectivity index (χ1) is 5.45. The highest BCUT2D eigenvalue weighted by Gasteiger charge is 2.17. The Morgan fingerprint density at radius 3 is 2.82 bits per heavy atom. The zero-order valence-electron chi connectivity index (χ0n) is 6.92. The van der Waals surface area contributed by atoms with Gasteiger partial charge in [0, 0.05) is 25.7 Å². The number of hydrogen-bond donors (Lipinski definition) is 1. The van der Waals surface area contributed by atoms with Gasteiger partial charge < -0.3 is 5.32 Å². The second-order valence-electron chi connectivity index (χ2n) is 3.48. The van der Waals surface area contributed by atoms with Crippen LogP contribution in [0.25, 0.3) is 0 Å². The van der Waals surface area contributed by atoms with E-state index in [1.54, 1.807) is 0 Å². The molecule has 1 unspecified atom stereocenters. The van der Waals surface area contributed by atoms with Crippen molar-refractivity contribution in [3.05, 3.63) is 12.2 Å². The van der Waals surface area contributed by atoms with Crippen molar-refractivity contribution in [2.45, 2.75) is 18.9 Å². The van der Waals surface area contributed by atoms with Crippen molar-refractivity contribution in [3.8, 4) is 0 Å². The summed E-state index contributed by atoms with van der Waals surface area (Å²) in [6, 6.07) is 0.773. The topological polar surface area (TPSA) is 15.3 Å². The molecule has 2 heteroatoms. The highest BCUT2D eigenvalue weighted by Crippen LogP contribution is 2.08. The molecule has 1 saturated heterocycles. The van der Waals surface area contributed by atoms with Gasteiger partial charge in [-0.2, -0.15) is 0 Å². The third-order valence-corrected chi connectivity index (χ3v) is 2.53. The van der Waals surface area contributed by atoms with E-state index in [9.17, 15) is 0 Å². The first-order valence-electron chi connectivity index (χ1n) is 4.56. The van der Waals surface area contributed by atoms with Crippen molar-refractivity contribution in [2.75, 3.05) is 26.2 Å². The van der Waals surface area contributed by atoms with Crippen LogP contribution in [-0.2, 0) is 0 Å². The minimum absolute atomic E-state index is 0.773. The lowest BCUT2D eigenvalue weighted by Crippen LogP contribution is -2.36. The fourth-order valence-corrected chi connectivity index (χ4v) is 1.90. The van der Waals surface area contributed by atoms with Gasteiger partial charge in [-0.3, -0.25) is 4.90 Å². The summed E-state index contributed by atoms with van der Waals surface area (Å²) in [4.78, 5) is 2.49. The van der Waals surface area contributed by atoms with Crippen molar-refractivity contribution in [1.29, 1.82) is 0 Å². The zero-order chi connectivity index (χ0) is 7.52. The predicted octanol–water partition coefficient (Wildman–Crippen LogP) is 0.610. The molecule has 0 aliphatic carbocycles. The Labute approximate surface area is 68.3 Å². The summed E-state index contributed by atoms with van der Waals surface area (Å²) in [7, 11) is 0. The Bertz CT molecular complexity index is 140. The zero-order valence-corrected chi connectivity index (χ0v) is 6.92. The molecule has 1 atom stereocenters. The van der Waals surface area contributed by atoms with E-state index >= 15 is 0 Å². The summed E-state index contributed by atoms with van der Waals surface area (Å²) in [6.07, 6.45) is 7.26. The van der Waals surface area contributed by atoms with Crippen LogP contribution in [0, 0.1) is 0 Å². The van der Waals surface area contributed by atoms with Gasteiger partial charge in [-0.1, -0.05) is 12.2 Å². The van der Waals surface area contributed by atoms with Gasteiger partial charge in [0.1, 0.15) is 0 Å². The van der Waals surface area contributed by atoms with Crippen LogP contribution in [0.15, 0.2) is 12.2 Å². The van der Waals surface area contributed by atoms with Crippen molar-refractivity contribution in [2.24, 2.45) is 0 Å². The molecule has 2 aliphatic rings. The largest absolute Gasteiger partial charge is 0.313 e. The molecule has 2 nitrogen and oxygen atoms in total. The Morgan fingerprint density at radius 1 is 1.36 bits per heavy atom. The summed E-state index contributed by atoms with van der Waals surface area (Å²) >= 11 is 0. The van der Waals surface area contributed by atoms with E-state index in [1.807, 2.05) is 0 Å². The molecule has 2 aliphatic heterocycles. The molecule has 1 fully saturated rings. The number of nitrogens with one attached hydrogen (secondary N) is 1. The molecule has 0 radical (unpaired) electrons. The minimum atomic E-state index is 0.773. The highest BCUT2D eigenvalue weighted by atomic mass is 15.2. The fourth-order valence-electron chi connectivity index (χ4n) is 1.90. The molecule has 2 heterocycles. The van der Waals surface area contributed by atoms with E-state index in [0.29, 0.717) is 0 Å².